The van der Waals surface area contributed by atoms with Gasteiger partial charge in [0.2, 0.25) is 6.54 Å². The van der Waals surface area contributed by atoms with Crippen molar-refractivity contribution in [2.45, 2.75) is 40.2 Å². The molecular weight excluding hydrogens is 260 g/mol. The molecule has 0 spiro atoms. The number of benzene rings is 1. The van der Waals surface area contributed by atoms with Gasteiger partial charge in [0.15, 0.2) is 11.9 Å². The molecule has 0 radical (unpaired) electrons. The van der Waals surface area contributed by atoms with Crippen LogP contribution in [0.1, 0.15) is 36.6 Å². The van der Waals surface area contributed by atoms with Crippen molar-refractivity contribution in [3.63, 3.8) is 0 Å². The van der Waals surface area contributed by atoms with E-state index < -0.39 is 0 Å². The fraction of sp³-hybridized carbons (Fsp3) is 0.333. The molecule has 2 aromatic rings. The van der Waals surface area contributed by atoms with Gasteiger partial charge in [-0.1, -0.05) is 38.1 Å². The summed E-state index contributed by atoms with van der Waals surface area (Å²) in [5.74, 6) is 0.386. The van der Waals surface area contributed by atoms with Crippen LogP contribution in [0.2, 0.25) is 0 Å². The topological polar surface area (TPSA) is 33.0 Å². The van der Waals surface area contributed by atoms with Gasteiger partial charge in [-0.05, 0) is 24.0 Å². The first-order valence-electron chi connectivity index (χ1n) is 7.33. The molecule has 0 bridgehead atoms. The van der Waals surface area contributed by atoms with E-state index in [0.29, 0.717) is 12.5 Å². The fourth-order valence-electron chi connectivity index (χ4n) is 2.42. The third-order valence-corrected chi connectivity index (χ3v) is 3.67. The molecule has 0 fully saturated rings. The van der Waals surface area contributed by atoms with Gasteiger partial charge < -0.3 is 5.32 Å². The van der Waals surface area contributed by atoms with E-state index in [4.69, 9.17) is 0 Å². The number of aryl methyl sites for hydroxylation is 2. The highest BCUT2D eigenvalue weighted by Crippen LogP contribution is 2.27. The number of anilines is 1. The number of amides is 1. The summed E-state index contributed by atoms with van der Waals surface area (Å²) in [6.07, 6.45) is 1.93. The van der Waals surface area contributed by atoms with E-state index in [1.807, 2.05) is 54.9 Å². The minimum atomic E-state index is 0.00509. The summed E-state index contributed by atoms with van der Waals surface area (Å²) in [5.41, 5.74) is 4.30. The molecule has 3 heteroatoms. The van der Waals surface area contributed by atoms with Gasteiger partial charge in [0.25, 0.3) is 5.91 Å². The van der Waals surface area contributed by atoms with E-state index in [1.54, 1.807) is 0 Å². The molecule has 1 N–H and O–H groups in total. The van der Waals surface area contributed by atoms with Crippen LogP contribution < -0.4 is 9.88 Å². The molecule has 1 heterocycles. The number of carbonyl (C=O) groups is 1. The molecular formula is C18H23N2O+. The zero-order chi connectivity index (χ0) is 15.4. The van der Waals surface area contributed by atoms with Crippen LogP contribution in [0.5, 0.6) is 0 Å². The van der Waals surface area contributed by atoms with Gasteiger partial charge in [0.1, 0.15) is 0 Å². The van der Waals surface area contributed by atoms with Crippen molar-refractivity contribution < 1.29 is 9.36 Å². The standard InChI is InChI=1S/C18H22N2O/c1-13(2)16-10-7-8-14(3)18(16)19-17(21)12-20-11-6-5-9-15(20)4/h5-11,13H,12H2,1-4H3/p+1. The number of hydrogen-bond donors (Lipinski definition) is 1. The summed E-state index contributed by atoms with van der Waals surface area (Å²) >= 11 is 0. The van der Waals surface area contributed by atoms with Crippen molar-refractivity contribution in [2.75, 3.05) is 5.32 Å². The van der Waals surface area contributed by atoms with Gasteiger partial charge in [-0.25, -0.2) is 0 Å². The van der Waals surface area contributed by atoms with Crippen LogP contribution >= 0.6 is 0 Å². The summed E-state index contributed by atoms with van der Waals surface area (Å²) < 4.78 is 1.95. The highest BCUT2D eigenvalue weighted by molar-refractivity contribution is 5.91. The first-order valence-corrected chi connectivity index (χ1v) is 7.33. The lowest BCUT2D eigenvalue weighted by molar-refractivity contribution is -0.690. The normalized spacial score (nSPS) is 10.7. The molecule has 1 amide bonds. The molecule has 0 aliphatic carbocycles. The van der Waals surface area contributed by atoms with Gasteiger partial charge >= 0.3 is 0 Å². The lowest BCUT2D eigenvalue weighted by atomic mass is 9.98. The minimum Gasteiger partial charge on any atom is -0.320 e. The third kappa shape index (κ3) is 3.69. The number of nitrogens with one attached hydrogen (secondary N) is 1. The SMILES string of the molecule is Cc1cccc(C(C)C)c1NC(=O)C[n+]1ccccc1C. The molecule has 3 nitrogen and oxygen atoms in total. The summed E-state index contributed by atoms with van der Waals surface area (Å²) in [6.45, 7) is 8.64. The number of carbonyl (C=O) groups excluding carboxylic acids is 1. The Morgan fingerprint density at radius 1 is 1.14 bits per heavy atom. The van der Waals surface area contributed by atoms with E-state index >= 15 is 0 Å². The molecule has 0 aliphatic rings. The third-order valence-electron chi connectivity index (χ3n) is 3.67. The van der Waals surface area contributed by atoms with Gasteiger partial charge in [-0.3, -0.25) is 4.79 Å². The Hall–Kier alpha value is -2.16. The molecule has 110 valence electrons. The van der Waals surface area contributed by atoms with Crippen molar-refractivity contribution in [2.24, 2.45) is 0 Å². The average Bonchev–Trinajstić information content (AvgIpc) is 2.43. The highest BCUT2D eigenvalue weighted by atomic mass is 16.1. The van der Waals surface area contributed by atoms with E-state index in [0.717, 1.165) is 16.9 Å². The summed E-state index contributed by atoms with van der Waals surface area (Å²) in [5, 5.41) is 3.08. The zero-order valence-corrected chi connectivity index (χ0v) is 13.2. The van der Waals surface area contributed by atoms with Crippen molar-refractivity contribution >= 4 is 11.6 Å². The van der Waals surface area contributed by atoms with E-state index in [2.05, 4.69) is 25.2 Å². The first kappa shape index (κ1) is 15.2. The Labute approximate surface area is 126 Å². The van der Waals surface area contributed by atoms with Crippen molar-refractivity contribution in [3.05, 3.63) is 59.4 Å². The van der Waals surface area contributed by atoms with Crippen LogP contribution in [0.15, 0.2) is 42.6 Å². The highest BCUT2D eigenvalue weighted by Gasteiger charge is 2.15. The largest absolute Gasteiger partial charge is 0.320 e. The number of rotatable bonds is 4. The maximum absolute atomic E-state index is 12.3. The van der Waals surface area contributed by atoms with Crippen molar-refractivity contribution in [3.8, 4) is 0 Å². The van der Waals surface area contributed by atoms with Crippen LogP contribution in [-0.2, 0) is 11.3 Å². The molecule has 0 unspecified atom stereocenters. The predicted molar refractivity (Wildman–Crippen MR) is 85.3 cm³/mol. The zero-order valence-electron chi connectivity index (χ0n) is 13.2. The van der Waals surface area contributed by atoms with Gasteiger partial charge in [-0.2, -0.15) is 4.57 Å². The second kappa shape index (κ2) is 6.53. The van der Waals surface area contributed by atoms with E-state index in [-0.39, 0.29) is 5.91 Å². The Morgan fingerprint density at radius 2 is 1.90 bits per heavy atom. The number of para-hydroxylation sites is 1. The van der Waals surface area contributed by atoms with Crippen LogP contribution in [0.25, 0.3) is 0 Å². The Balaban J connectivity index is 2.19. The lowest BCUT2D eigenvalue weighted by Crippen LogP contribution is -2.42. The Bertz CT molecular complexity index is 647. The molecule has 0 atom stereocenters. The van der Waals surface area contributed by atoms with Crippen LogP contribution in [-0.4, -0.2) is 5.91 Å². The predicted octanol–water partition coefficient (Wildman–Crippen LogP) is 3.35. The Kier molecular flexibility index (Phi) is 4.73. The quantitative estimate of drug-likeness (QED) is 0.858. The smallest absolute Gasteiger partial charge is 0.290 e. The maximum Gasteiger partial charge on any atom is 0.290 e. The molecule has 1 aromatic carbocycles. The van der Waals surface area contributed by atoms with Crippen LogP contribution in [0, 0.1) is 13.8 Å². The van der Waals surface area contributed by atoms with E-state index in [1.165, 1.54) is 5.56 Å². The second-order valence-electron chi connectivity index (χ2n) is 5.71. The van der Waals surface area contributed by atoms with Gasteiger partial charge in [-0.15, -0.1) is 0 Å². The molecule has 1 aromatic heterocycles. The van der Waals surface area contributed by atoms with Gasteiger partial charge in [0, 0.05) is 24.7 Å². The van der Waals surface area contributed by atoms with Crippen LogP contribution in [0.3, 0.4) is 0 Å². The van der Waals surface area contributed by atoms with Gasteiger partial charge in [0.05, 0.1) is 0 Å². The molecule has 21 heavy (non-hydrogen) atoms. The van der Waals surface area contributed by atoms with Crippen LogP contribution in [0.4, 0.5) is 5.69 Å². The first-order chi connectivity index (χ1) is 9.99. The maximum atomic E-state index is 12.3. The molecule has 0 aliphatic heterocycles. The van der Waals surface area contributed by atoms with E-state index in [9.17, 15) is 4.79 Å². The number of hydrogen-bond acceptors (Lipinski definition) is 1. The molecule has 2 rings (SSSR count). The number of aromatic nitrogens is 1. The van der Waals surface area contributed by atoms with Crippen molar-refractivity contribution in [1.82, 2.24) is 0 Å². The van der Waals surface area contributed by atoms with Crippen molar-refractivity contribution in [1.29, 1.82) is 0 Å². The fourth-order valence-corrected chi connectivity index (χ4v) is 2.42. The summed E-state index contributed by atoms with van der Waals surface area (Å²) in [4.78, 5) is 12.3. The summed E-state index contributed by atoms with van der Waals surface area (Å²) in [6, 6.07) is 12.1. The monoisotopic (exact) mass is 283 g/mol. The summed E-state index contributed by atoms with van der Waals surface area (Å²) in [7, 11) is 0. The minimum absolute atomic E-state index is 0.00509. The second-order valence-corrected chi connectivity index (χ2v) is 5.71. The molecule has 0 saturated carbocycles. The average molecular weight is 283 g/mol. The number of nitrogens with zero attached hydrogens (tertiary/aromatic N) is 1. The Morgan fingerprint density at radius 3 is 2.57 bits per heavy atom. The molecule has 0 saturated heterocycles. The number of pyridine rings is 1. The lowest BCUT2D eigenvalue weighted by Gasteiger charge is -2.15.